The highest BCUT2D eigenvalue weighted by Crippen LogP contribution is 2.30. The zero-order valence-electron chi connectivity index (χ0n) is 18.0. The molecule has 0 radical (unpaired) electrons. The third kappa shape index (κ3) is 2.94. The average molecular weight is 434 g/mol. The molecule has 10 heteroatoms. The van der Waals surface area contributed by atoms with Gasteiger partial charge in [0.25, 0.3) is 11.8 Å². The summed E-state index contributed by atoms with van der Waals surface area (Å²) in [6.07, 6.45) is 1.49. The number of carbonyl (C=O) groups is 3. The summed E-state index contributed by atoms with van der Waals surface area (Å²) in [6, 6.07) is 7.21. The highest BCUT2D eigenvalue weighted by Gasteiger charge is 2.38. The number of ether oxygens (including phenoxy) is 1. The molecule has 0 bridgehead atoms. The van der Waals surface area contributed by atoms with E-state index in [4.69, 9.17) is 9.72 Å². The number of amides is 4. The van der Waals surface area contributed by atoms with Crippen LogP contribution < -0.4 is 4.90 Å². The van der Waals surface area contributed by atoms with Gasteiger partial charge in [0.1, 0.15) is 11.4 Å². The van der Waals surface area contributed by atoms with Crippen LogP contribution in [0.2, 0.25) is 0 Å². The number of likely N-dealkylation sites (N-methyl/N-ethyl adjacent to an activating group) is 2. The van der Waals surface area contributed by atoms with E-state index < -0.39 is 17.8 Å². The minimum absolute atomic E-state index is 0.101. The van der Waals surface area contributed by atoms with Crippen LogP contribution in [0.5, 0.6) is 0 Å². The lowest BCUT2D eigenvalue weighted by atomic mass is 10.1. The number of rotatable bonds is 2. The maximum Gasteiger partial charge on any atom is 0.333 e. The van der Waals surface area contributed by atoms with Crippen LogP contribution in [0.15, 0.2) is 29.8 Å². The standard InChI is InChI=1S/C22H22N6O4/c1-13-15(12-16-20(29)25(2)22(31)26(3)21(16)30)19-23-18(27-8-10-32-11-9-27)14-6-4-5-7-17(14)28(19)24-13/h4-7,12H,8-11H2,1-3H3. The summed E-state index contributed by atoms with van der Waals surface area (Å²) in [7, 11) is 2.71. The minimum Gasteiger partial charge on any atom is -0.378 e. The van der Waals surface area contributed by atoms with Gasteiger partial charge in [-0.05, 0) is 25.1 Å². The van der Waals surface area contributed by atoms with Gasteiger partial charge in [0.05, 0.1) is 24.4 Å². The van der Waals surface area contributed by atoms with Gasteiger partial charge in [-0.3, -0.25) is 19.4 Å². The van der Waals surface area contributed by atoms with E-state index in [9.17, 15) is 14.4 Å². The van der Waals surface area contributed by atoms with Gasteiger partial charge in [0, 0.05) is 38.1 Å². The van der Waals surface area contributed by atoms with Gasteiger partial charge in [0.2, 0.25) is 0 Å². The molecule has 0 spiro atoms. The third-order valence-corrected chi connectivity index (χ3v) is 5.91. The lowest BCUT2D eigenvalue weighted by Crippen LogP contribution is -2.52. The number of aryl methyl sites for hydroxylation is 1. The molecule has 10 nitrogen and oxygen atoms in total. The first-order chi connectivity index (χ1) is 15.4. The first-order valence-electron chi connectivity index (χ1n) is 10.3. The molecule has 1 aromatic carbocycles. The largest absolute Gasteiger partial charge is 0.378 e. The van der Waals surface area contributed by atoms with Crippen molar-refractivity contribution in [2.75, 3.05) is 45.3 Å². The number of aromatic nitrogens is 3. The molecular formula is C22H22N6O4. The monoisotopic (exact) mass is 434 g/mol. The summed E-state index contributed by atoms with van der Waals surface area (Å²) in [5.41, 5.74) is 2.50. The van der Waals surface area contributed by atoms with Crippen molar-refractivity contribution in [3.63, 3.8) is 0 Å². The molecule has 0 aliphatic carbocycles. The van der Waals surface area contributed by atoms with Crippen LogP contribution >= 0.6 is 0 Å². The van der Waals surface area contributed by atoms with Crippen LogP contribution in [0.1, 0.15) is 11.3 Å². The Kier molecular flexibility index (Phi) is 4.66. The SMILES string of the molecule is Cc1nn2c(nc(N3CCOCC3)c3ccccc32)c1C=C1C(=O)N(C)C(=O)N(C)C1=O. The molecule has 3 aromatic rings. The molecule has 0 N–H and O–H groups in total. The zero-order chi connectivity index (χ0) is 22.6. The molecule has 0 atom stereocenters. The number of morpholine rings is 1. The maximum atomic E-state index is 12.7. The fourth-order valence-corrected chi connectivity index (χ4v) is 4.12. The Balaban J connectivity index is 1.74. The summed E-state index contributed by atoms with van der Waals surface area (Å²) in [4.78, 5) is 46.4. The first kappa shape index (κ1) is 20.1. The van der Waals surface area contributed by atoms with Crippen LogP contribution in [-0.2, 0) is 14.3 Å². The normalized spacial score (nSPS) is 17.8. The van der Waals surface area contributed by atoms with Crippen LogP contribution in [0.3, 0.4) is 0 Å². The van der Waals surface area contributed by atoms with Crippen LogP contribution in [-0.4, -0.2) is 82.6 Å². The minimum atomic E-state index is -0.660. The number of imide groups is 2. The van der Waals surface area contributed by atoms with Crippen molar-refractivity contribution in [1.82, 2.24) is 24.4 Å². The van der Waals surface area contributed by atoms with E-state index in [2.05, 4.69) is 10.00 Å². The Bertz CT molecular complexity index is 1290. The van der Waals surface area contributed by atoms with Crippen molar-refractivity contribution in [3.8, 4) is 0 Å². The van der Waals surface area contributed by atoms with E-state index in [1.165, 1.54) is 20.2 Å². The van der Waals surface area contributed by atoms with Gasteiger partial charge in [-0.15, -0.1) is 0 Å². The molecule has 2 aromatic heterocycles. The number of urea groups is 1. The molecule has 5 rings (SSSR count). The fraction of sp³-hybridized carbons (Fsp3) is 0.318. The maximum absolute atomic E-state index is 12.7. The van der Waals surface area contributed by atoms with E-state index in [-0.39, 0.29) is 5.57 Å². The Morgan fingerprint density at radius 1 is 1.00 bits per heavy atom. The number of nitrogens with zero attached hydrogens (tertiary/aromatic N) is 6. The molecule has 4 amide bonds. The zero-order valence-corrected chi connectivity index (χ0v) is 18.0. The molecule has 4 heterocycles. The summed E-state index contributed by atoms with van der Waals surface area (Å²) in [6.45, 7) is 4.47. The van der Waals surface area contributed by atoms with Crippen molar-refractivity contribution in [2.45, 2.75) is 6.92 Å². The lowest BCUT2D eigenvalue weighted by Gasteiger charge is -2.29. The van der Waals surface area contributed by atoms with Gasteiger partial charge < -0.3 is 9.64 Å². The van der Waals surface area contributed by atoms with Crippen LogP contribution in [0.4, 0.5) is 10.6 Å². The number of benzene rings is 1. The highest BCUT2D eigenvalue weighted by atomic mass is 16.5. The highest BCUT2D eigenvalue weighted by molar-refractivity contribution is 6.30. The second-order valence-corrected chi connectivity index (χ2v) is 7.86. The lowest BCUT2D eigenvalue weighted by molar-refractivity contribution is -0.134. The predicted molar refractivity (Wildman–Crippen MR) is 117 cm³/mol. The van der Waals surface area contributed by atoms with Crippen LogP contribution in [0, 0.1) is 6.92 Å². The smallest absolute Gasteiger partial charge is 0.333 e. The van der Waals surface area contributed by atoms with E-state index >= 15 is 0 Å². The third-order valence-electron chi connectivity index (χ3n) is 5.91. The molecule has 164 valence electrons. The van der Waals surface area contributed by atoms with Crippen molar-refractivity contribution < 1.29 is 19.1 Å². The van der Waals surface area contributed by atoms with Gasteiger partial charge in [-0.25, -0.2) is 14.3 Å². The Morgan fingerprint density at radius 3 is 2.34 bits per heavy atom. The van der Waals surface area contributed by atoms with Gasteiger partial charge in [-0.1, -0.05) is 12.1 Å². The molecule has 2 fully saturated rings. The molecule has 2 aliphatic rings. The van der Waals surface area contributed by atoms with Crippen LogP contribution in [0.25, 0.3) is 22.6 Å². The summed E-state index contributed by atoms with van der Waals surface area (Å²) in [5.74, 6) is -0.487. The summed E-state index contributed by atoms with van der Waals surface area (Å²) in [5, 5.41) is 5.60. The average Bonchev–Trinajstić information content (AvgIpc) is 3.14. The molecule has 2 aliphatic heterocycles. The van der Waals surface area contributed by atoms with E-state index in [1.54, 1.807) is 11.4 Å². The van der Waals surface area contributed by atoms with E-state index in [1.807, 2.05) is 24.3 Å². The molecule has 2 saturated heterocycles. The molecule has 0 saturated carbocycles. The number of fused-ring (bicyclic) bond motifs is 3. The number of hydrogen-bond acceptors (Lipinski definition) is 7. The number of anilines is 1. The first-order valence-corrected chi connectivity index (χ1v) is 10.3. The number of para-hydroxylation sites is 1. The van der Waals surface area contributed by atoms with Crippen molar-refractivity contribution in [3.05, 3.63) is 41.1 Å². The number of carbonyl (C=O) groups excluding carboxylic acids is 3. The van der Waals surface area contributed by atoms with Gasteiger partial charge >= 0.3 is 6.03 Å². The number of barbiturate groups is 1. The van der Waals surface area contributed by atoms with Gasteiger partial charge in [0.15, 0.2) is 5.65 Å². The van der Waals surface area contributed by atoms with Crippen molar-refractivity contribution >= 4 is 46.3 Å². The molecule has 32 heavy (non-hydrogen) atoms. The van der Waals surface area contributed by atoms with Crippen molar-refractivity contribution in [1.29, 1.82) is 0 Å². The quantitative estimate of drug-likeness (QED) is 0.445. The van der Waals surface area contributed by atoms with E-state index in [0.717, 1.165) is 26.5 Å². The Labute approximate surface area is 183 Å². The van der Waals surface area contributed by atoms with Crippen molar-refractivity contribution in [2.24, 2.45) is 0 Å². The molecular weight excluding hydrogens is 412 g/mol. The van der Waals surface area contributed by atoms with Gasteiger partial charge in [-0.2, -0.15) is 5.10 Å². The second kappa shape index (κ2) is 7.41. The second-order valence-electron chi connectivity index (χ2n) is 7.86. The predicted octanol–water partition coefficient (Wildman–Crippen LogP) is 1.46. The Hall–Kier alpha value is -3.79. The topological polar surface area (TPSA) is 100 Å². The fourth-order valence-electron chi connectivity index (χ4n) is 4.12. The molecule has 0 unspecified atom stereocenters. The van der Waals surface area contributed by atoms with E-state index in [0.29, 0.717) is 43.2 Å². The summed E-state index contributed by atoms with van der Waals surface area (Å²) < 4.78 is 7.23. The number of hydrogen-bond donors (Lipinski definition) is 0. The summed E-state index contributed by atoms with van der Waals surface area (Å²) >= 11 is 0. The Morgan fingerprint density at radius 2 is 1.66 bits per heavy atom.